The molecule has 0 N–H and O–H groups in total. The fraction of sp³-hybridized carbons (Fsp3) is 0.500. The second-order valence-electron chi connectivity index (χ2n) is 5.09. The minimum Gasteiger partial charge on any atom is -0.474 e. The maximum atomic E-state index is 5.95. The van der Waals surface area contributed by atoms with Crippen molar-refractivity contribution in [3.05, 3.63) is 29.5 Å². The quantitative estimate of drug-likeness (QED) is 0.531. The first-order valence-electron chi connectivity index (χ1n) is 7.29. The first-order valence-corrected chi connectivity index (χ1v) is 7.67. The lowest BCUT2D eigenvalue weighted by atomic mass is 10.1. The average molecular weight is 293 g/mol. The average Bonchev–Trinajstić information content (AvgIpc) is 2.43. The molecule has 0 aliphatic heterocycles. The van der Waals surface area contributed by atoms with E-state index in [2.05, 4.69) is 23.8 Å². The Kier molecular flexibility index (Phi) is 5.60. The number of rotatable bonds is 7. The van der Waals surface area contributed by atoms with Gasteiger partial charge in [-0.15, -0.1) is 0 Å². The fourth-order valence-electron chi connectivity index (χ4n) is 2.22. The van der Waals surface area contributed by atoms with E-state index in [9.17, 15) is 0 Å². The lowest BCUT2D eigenvalue weighted by Crippen LogP contribution is -2.13. The summed E-state index contributed by atoms with van der Waals surface area (Å²) in [6, 6.07) is 7.77. The Balaban J connectivity index is 2.05. The van der Waals surface area contributed by atoms with Crippen molar-refractivity contribution in [2.24, 2.45) is 0 Å². The van der Waals surface area contributed by atoms with Gasteiger partial charge in [0.15, 0.2) is 0 Å². The van der Waals surface area contributed by atoms with Crippen LogP contribution in [0.2, 0.25) is 5.28 Å². The summed E-state index contributed by atoms with van der Waals surface area (Å²) < 4.78 is 5.95. The first kappa shape index (κ1) is 15.0. The lowest BCUT2D eigenvalue weighted by molar-refractivity contribution is 0.201. The molecule has 1 aromatic carbocycles. The standard InChI is InChI=1S/C16H21ClN2O/c1-3-4-5-6-9-12(2)20-15-13-10-7-8-11-14(13)18-16(17)19-15/h7-8,10-12H,3-6,9H2,1-2H3. The Morgan fingerprint density at radius 1 is 1.15 bits per heavy atom. The number of halogens is 1. The van der Waals surface area contributed by atoms with Crippen LogP contribution in [-0.2, 0) is 0 Å². The van der Waals surface area contributed by atoms with Crippen molar-refractivity contribution in [1.82, 2.24) is 9.97 Å². The minimum atomic E-state index is 0.140. The number of fused-ring (bicyclic) bond motifs is 1. The summed E-state index contributed by atoms with van der Waals surface area (Å²) in [6.45, 7) is 4.30. The Morgan fingerprint density at radius 2 is 1.95 bits per heavy atom. The van der Waals surface area contributed by atoms with Gasteiger partial charge in [0.2, 0.25) is 11.2 Å². The van der Waals surface area contributed by atoms with Crippen LogP contribution >= 0.6 is 11.6 Å². The molecule has 0 aliphatic carbocycles. The van der Waals surface area contributed by atoms with Gasteiger partial charge >= 0.3 is 0 Å². The molecule has 0 saturated heterocycles. The molecule has 0 amide bonds. The molecule has 0 fully saturated rings. The van der Waals surface area contributed by atoms with Crippen LogP contribution < -0.4 is 4.74 Å². The normalized spacial score (nSPS) is 12.6. The molecule has 1 heterocycles. The van der Waals surface area contributed by atoms with Crippen molar-refractivity contribution >= 4 is 22.5 Å². The third kappa shape index (κ3) is 4.07. The summed E-state index contributed by atoms with van der Waals surface area (Å²) in [5, 5.41) is 1.15. The van der Waals surface area contributed by atoms with Crippen molar-refractivity contribution in [3.8, 4) is 5.88 Å². The van der Waals surface area contributed by atoms with Crippen molar-refractivity contribution in [2.75, 3.05) is 0 Å². The molecule has 0 aliphatic rings. The molecule has 0 bridgehead atoms. The highest BCUT2D eigenvalue weighted by molar-refractivity contribution is 6.28. The van der Waals surface area contributed by atoms with Crippen LogP contribution in [0.5, 0.6) is 5.88 Å². The number of para-hydroxylation sites is 1. The van der Waals surface area contributed by atoms with Crippen molar-refractivity contribution in [1.29, 1.82) is 0 Å². The Hall–Kier alpha value is -1.35. The third-order valence-electron chi connectivity index (χ3n) is 3.32. The topological polar surface area (TPSA) is 35.0 Å². The molecule has 1 atom stereocenters. The molecule has 0 saturated carbocycles. The van der Waals surface area contributed by atoms with Crippen LogP contribution in [0.25, 0.3) is 10.9 Å². The second kappa shape index (κ2) is 7.44. The minimum absolute atomic E-state index is 0.140. The molecule has 0 spiro atoms. The van der Waals surface area contributed by atoms with Crippen molar-refractivity contribution in [3.63, 3.8) is 0 Å². The number of aromatic nitrogens is 2. The van der Waals surface area contributed by atoms with Crippen LogP contribution in [0.1, 0.15) is 46.0 Å². The van der Waals surface area contributed by atoms with Crippen LogP contribution in [0.15, 0.2) is 24.3 Å². The number of unbranched alkanes of at least 4 members (excludes halogenated alkanes) is 3. The predicted octanol–water partition coefficient (Wildman–Crippen LogP) is 5.02. The number of hydrogen-bond acceptors (Lipinski definition) is 3. The van der Waals surface area contributed by atoms with E-state index in [0.29, 0.717) is 5.88 Å². The summed E-state index contributed by atoms with van der Waals surface area (Å²) >= 11 is 5.95. The largest absolute Gasteiger partial charge is 0.474 e. The zero-order valence-electron chi connectivity index (χ0n) is 12.1. The molecule has 1 aromatic heterocycles. The highest BCUT2D eigenvalue weighted by Gasteiger charge is 2.11. The van der Waals surface area contributed by atoms with Crippen LogP contribution in [0, 0.1) is 0 Å². The monoisotopic (exact) mass is 292 g/mol. The highest BCUT2D eigenvalue weighted by Crippen LogP contribution is 2.25. The van der Waals surface area contributed by atoms with Gasteiger partial charge in [-0.25, -0.2) is 4.98 Å². The van der Waals surface area contributed by atoms with E-state index in [-0.39, 0.29) is 11.4 Å². The summed E-state index contributed by atoms with van der Waals surface area (Å²) in [4.78, 5) is 8.42. The zero-order valence-corrected chi connectivity index (χ0v) is 12.9. The molecule has 3 nitrogen and oxygen atoms in total. The molecule has 2 rings (SSSR count). The Labute approximate surface area is 125 Å². The summed E-state index contributed by atoms with van der Waals surface area (Å²) in [5.41, 5.74) is 0.820. The molecule has 2 aromatic rings. The third-order valence-corrected chi connectivity index (χ3v) is 3.49. The van der Waals surface area contributed by atoms with Gasteiger partial charge in [0.25, 0.3) is 0 Å². The zero-order chi connectivity index (χ0) is 14.4. The molecule has 0 radical (unpaired) electrons. The van der Waals surface area contributed by atoms with E-state index in [0.717, 1.165) is 17.3 Å². The van der Waals surface area contributed by atoms with Gasteiger partial charge < -0.3 is 4.74 Å². The molecule has 20 heavy (non-hydrogen) atoms. The van der Waals surface area contributed by atoms with E-state index in [1.54, 1.807) is 0 Å². The van der Waals surface area contributed by atoms with Crippen LogP contribution in [-0.4, -0.2) is 16.1 Å². The van der Waals surface area contributed by atoms with Gasteiger partial charge in [-0.1, -0.05) is 38.3 Å². The van der Waals surface area contributed by atoms with Gasteiger partial charge in [0.05, 0.1) is 17.0 Å². The summed E-state index contributed by atoms with van der Waals surface area (Å²) in [7, 11) is 0. The molecule has 4 heteroatoms. The van der Waals surface area contributed by atoms with Crippen LogP contribution in [0.4, 0.5) is 0 Å². The Morgan fingerprint density at radius 3 is 2.75 bits per heavy atom. The van der Waals surface area contributed by atoms with Gasteiger partial charge in [0, 0.05) is 0 Å². The summed E-state index contributed by atoms with van der Waals surface area (Å²) in [5.74, 6) is 0.587. The predicted molar refractivity (Wildman–Crippen MR) is 83.4 cm³/mol. The maximum Gasteiger partial charge on any atom is 0.226 e. The molecule has 1 unspecified atom stereocenters. The van der Waals surface area contributed by atoms with Crippen molar-refractivity contribution < 1.29 is 4.74 Å². The number of nitrogens with zero attached hydrogens (tertiary/aromatic N) is 2. The second-order valence-corrected chi connectivity index (χ2v) is 5.43. The number of ether oxygens (including phenoxy) is 1. The van der Waals surface area contributed by atoms with Crippen molar-refractivity contribution in [2.45, 2.75) is 52.1 Å². The van der Waals surface area contributed by atoms with E-state index in [1.807, 2.05) is 24.3 Å². The van der Waals surface area contributed by atoms with E-state index in [4.69, 9.17) is 16.3 Å². The van der Waals surface area contributed by atoms with Crippen LogP contribution in [0.3, 0.4) is 0 Å². The fourth-order valence-corrected chi connectivity index (χ4v) is 2.39. The lowest BCUT2D eigenvalue weighted by Gasteiger charge is -2.15. The van der Waals surface area contributed by atoms with Gasteiger partial charge in [-0.3, -0.25) is 0 Å². The SMILES string of the molecule is CCCCCCC(C)Oc1nc(Cl)nc2ccccc12. The number of hydrogen-bond donors (Lipinski definition) is 0. The smallest absolute Gasteiger partial charge is 0.226 e. The van der Waals surface area contributed by atoms with Gasteiger partial charge in [-0.2, -0.15) is 4.98 Å². The van der Waals surface area contributed by atoms with E-state index >= 15 is 0 Å². The Bertz CT molecular complexity index is 559. The first-order chi connectivity index (χ1) is 9.70. The van der Waals surface area contributed by atoms with Gasteiger partial charge in [-0.05, 0) is 43.5 Å². The molecule has 108 valence electrons. The summed E-state index contributed by atoms with van der Waals surface area (Å²) in [6.07, 6.45) is 6.16. The van der Waals surface area contributed by atoms with Gasteiger partial charge in [0.1, 0.15) is 0 Å². The molecular weight excluding hydrogens is 272 g/mol. The number of benzene rings is 1. The van der Waals surface area contributed by atoms with E-state index in [1.165, 1.54) is 25.7 Å². The maximum absolute atomic E-state index is 5.95. The highest BCUT2D eigenvalue weighted by atomic mass is 35.5. The molecular formula is C16H21ClN2O. The van der Waals surface area contributed by atoms with E-state index < -0.39 is 0 Å².